The fraction of sp³-hybridized carbons (Fsp3) is 0.286. The van der Waals surface area contributed by atoms with Crippen molar-refractivity contribution in [1.82, 2.24) is 4.90 Å². The number of hydrogen-bond acceptors (Lipinski definition) is 4. The lowest BCUT2D eigenvalue weighted by atomic mass is 9.93. The maximum Gasteiger partial charge on any atom is 0.234 e. The number of furan rings is 1. The molecule has 4 nitrogen and oxygen atoms in total. The molecule has 26 heavy (non-hydrogen) atoms. The maximum absolute atomic E-state index is 13.6. The van der Waals surface area contributed by atoms with Gasteiger partial charge in [0.05, 0.1) is 31.6 Å². The molecule has 0 saturated heterocycles. The summed E-state index contributed by atoms with van der Waals surface area (Å²) in [5, 5.41) is 2.04. The lowest BCUT2D eigenvalue weighted by molar-refractivity contribution is -0.135. The third kappa shape index (κ3) is 3.15. The second-order valence-corrected chi connectivity index (χ2v) is 7.69. The number of para-hydroxylation sites is 1. The van der Waals surface area contributed by atoms with Crippen LogP contribution in [0.2, 0.25) is 0 Å². The summed E-state index contributed by atoms with van der Waals surface area (Å²) >= 11 is 1.67. The molecule has 2 aromatic heterocycles. The molecule has 1 aromatic carbocycles. The Kier molecular flexibility index (Phi) is 4.55. The molecule has 0 N–H and O–H groups in total. The second kappa shape index (κ2) is 7.00. The second-order valence-electron chi connectivity index (χ2n) is 6.65. The van der Waals surface area contributed by atoms with Crippen molar-refractivity contribution in [3.63, 3.8) is 0 Å². The predicted molar refractivity (Wildman–Crippen MR) is 101 cm³/mol. The van der Waals surface area contributed by atoms with Gasteiger partial charge < -0.3 is 14.1 Å². The Hall–Kier alpha value is -2.53. The third-order valence-corrected chi connectivity index (χ3v) is 5.81. The first-order chi connectivity index (χ1) is 12.7. The normalized spacial score (nSPS) is 14.8. The van der Waals surface area contributed by atoms with Gasteiger partial charge in [0, 0.05) is 22.5 Å². The first-order valence-electron chi connectivity index (χ1n) is 8.69. The topological polar surface area (TPSA) is 42.7 Å². The van der Waals surface area contributed by atoms with Crippen molar-refractivity contribution >= 4 is 17.2 Å². The molecule has 2 heterocycles. The van der Waals surface area contributed by atoms with E-state index >= 15 is 0 Å². The molecule has 0 bridgehead atoms. The van der Waals surface area contributed by atoms with E-state index in [1.165, 1.54) is 4.88 Å². The largest absolute Gasteiger partial charge is 0.496 e. The molecule has 4 rings (SSSR count). The number of rotatable bonds is 7. The van der Waals surface area contributed by atoms with E-state index in [0.29, 0.717) is 13.1 Å². The molecule has 134 valence electrons. The van der Waals surface area contributed by atoms with Crippen LogP contribution in [0.3, 0.4) is 0 Å². The van der Waals surface area contributed by atoms with Crippen LogP contribution in [0.15, 0.2) is 64.8 Å². The van der Waals surface area contributed by atoms with Crippen molar-refractivity contribution in [3.05, 3.63) is 76.4 Å². The lowest BCUT2D eigenvalue weighted by Crippen LogP contribution is -2.38. The molecule has 0 radical (unpaired) electrons. The van der Waals surface area contributed by atoms with Gasteiger partial charge in [0.25, 0.3) is 0 Å². The van der Waals surface area contributed by atoms with Crippen molar-refractivity contribution in [3.8, 4) is 5.75 Å². The minimum absolute atomic E-state index is 0.164. The van der Waals surface area contributed by atoms with Gasteiger partial charge in [-0.3, -0.25) is 4.79 Å². The molecule has 1 saturated carbocycles. The molecule has 0 unspecified atom stereocenters. The Morgan fingerprint density at radius 2 is 2.04 bits per heavy atom. The number of hydrogen-bond donors (Lipinski definition) is 0. The molecular formula is C21H21NO3S. The number of amides is 1. The summed E-state index contributed by atoms with van der Waals surface area (Å²) in [5.74, 6) is 0.953. The average Bonchev–Trinajstić information content (AvgIpc) is 3.05. The Morgan fingerprint density at radius 3 is 2.69 bits per heavy atom. The Morgan fingerprint density at radius 1 is 1.19 bits per heavy atom. The monoisotopic (exact) mass is 367 g/mol. The van der Waals surface area contributed by atoms with Crippen molar-refractivity contribution in [2.75, 3.05) is 7.11 Å². The number of methoxy groups -OCH3 is 1. The number of carbonyl (C=O) groups excluding carboxylic acids is 1. The van der Waals surface area contributed by atoms with Gasteiger partial charge >= 0.3 is 0 Å². The van der Waals surface area contributed by atoms with Crippen LogP contribution >= 0.6 is 11.3 Å². The minimum Gasteiger partial charge on any atom is -0.496 e. The lowest BCUT2D eigenvalue weighted by Gasteiger charge is -2.28. The molecule has 0 atom stereocenters. The van der Waals surface area contributed by atoms with Crippen molar-refractivity contribution in [2.24, 2.45) is 0 Å². The fourth-order valence-corrected chi connectivity index (χ4v) is 4.18. The number of nitrogens with zero attached hydrogens (tertiary/aromatic N) is 1. The summed E-state index contributed by atoms with van der Waals surface area (Å²) < 4.78 is 10.7. The van der Waals surface area contributed by atoms with Crippen LogP contribution in [0.1, 0.15) is 28.8 Å². The highest BCUT2D eigenvalue weighted by Crippen LogP contribution is 2.52. The van der Waals surface area contributed by atoms with E-state index < -0.39 is 5.41 Å². The number of carbonyl (C=O) groups is 1. The summed E-state index contributed by atoms with van der Waals surface area (Å²) in [6.07, 6.45) is 5.07. The van der Waals surface area contributed by atoms with Gasteiger partial charge in [-0.1, -0.05) is 24.3 Å². The predicted octanol–water partition coefficient (Wildman–Crippen LogP) is 4.61. The standard InChI is InChI=1S/C21H21NO3S/c1-24-19-7-3-2-6-18(19)21(9-10-21)20(23)22(13-16-8-11-25-15-16)14-17-5-4-12-26-17/h2-8,11-12,15H,9-10,13-14H2,1H3. The van der Waals surface area contributed by atoms with Gasteiger partial charge in [-0.15, -0.1) is 11.3 Å². The molecular weight excluding hydrogens is 346 g/mol. The molecule has 3 aromatic rings. The number of ether oxygens (including phenoxy) is 1. The van der Waals surface area contributed by atoms with Gasteiger partial charge in [-0.25, -0.2) is 0 Å². The quantitative estimate of drug-likeness (QED) is 0.612. The summed E-state index contributed by atoms with van der Waals surface area (Å²) in [5.41, 5.74) is 1.54. The molecule has 1 aliphatic rings. The van der Waals surface area contributed by atoms with Crippen LogP contribution in [0.4, 0.5) is 0 Å². The van der Waals surface area contributed by atoms with E-state index in [0.717, 1.165) is 29.7 Å². The van der Waals surface area contributed by atoms with Crippen molar-refractivity contribution < 1.29 is 13.9 Å². The highest BCUT2D eigenvalue weighted by molar-refractivity contribution is 7.09. The zero-order chi connectivity index (χ0) is 18.0. The van der Waals surface area contributed by atoms with Gasteiger partial charge in [-0.2, -0.15) is 0 Å². The van der Waals surface area contributed by atoms with E-state index in [1.807, 2.05) is 46.7 Å². The van der Waals surface area contributed by atoms with Gasteiger partial charge in [0.1, 0.15) is 5.75 Å². The van der Waals surface area contributed by atoms with Crippen LogP contribution in [0.5, 0.6) is 5.75 Å². The fourth-order valence-electron chi connectivity index (χ4n) is 3.46. The molecule has 0 aliphatic heterocycles. The first kappa shape index (κ1) is 16.9. The van der Waals surface area contributed by atoms with E-state index in [9.17, 15) is 4.79 Å². The van der Waals surface area contributed by atoms with E-state index in [1.54, 1.807) is 31.0 Å². The Balaban J connectivity index is 1.65. The smallest absolute Gasteiger partial charge is 0.234 e. The van der Waals surface area contributed by atoms with Crippen molar-refractivity contribution in [1.29, 1.82) is 0 Å². The van der Waals surface area contributed by atoms with Crippen LogP contribution in [-0.4, -0.2) is 17.9 Å². The first-order valence-corrected chi connectivity index (χ1v) is 9.57. The van der Waals surface area contributed by atoms with Crippen molar-refractivity contribution in [2.45, 2.75) is 31.3 Å². The van der Waals surface area contributed by atoms with Gasteiger partial charge in [-0.05, 0) is 36.4 Å². The third-order valence-electron chi connectivity index (χ3n) is 4.95. The molecule has 1 aliphatic carbocycles. The van der Waals surface area contributed by atoms with Gasteiger partial charge in [0.2, 0.25) is 5.91 Å². The molecule has 1 fully saturated rings. The van der Waals surface area contributed by atoms with E-state index in [2.05, 4.69) is 6.07 Å². The SMILES string of the molecule is COc1ccccc1C1(C(=O)N(Cc2ccoc2)Cc2cccs2)CC1. The highest BCUT2D eigenvalue weighted by Gasteiger charge is 2.54. The summed E-state index contributed by atoms with van der Waals surface area (Å²) in [6, 6.07) is 13.9. The zero-order valence-electron chi connectivity index (χ0n) is 14.7. The molecule has 5 heteroatoms. The maximum atomic E-state index is 13.6. The molecule has 0 spiro atoms. The highest BCUT2D eigenvalue weighted by atomic mass is 32.1. The summed E-state index contributed by atoms with van der Waals surface area (Å²) in [7, 11) is 1.66. The Bertz CT molecular complexity index is 830. The number of benzene rings is 1. The molecule has 1 amide bonds. The summed E-state index contributed by atoms with van der Waals surface area (Å²) in [6.45, 7) is 1.16. The number of thiophene rings is 1. The van der Waals surface area contributed by atoms with Crippen LogP contribution < -0.4 is 4.74 Å². The van der Waals surface area contributed by atoms with E-state index in [4.69, 9.17) is 9.15 Å². The van der Waals surface area contributed by atoms with Crippen LogP contribution in [-0.2, 0) is 23.3 Å². The van der Waals surface area contributed by atoms with Gasteiger partial charge in [0.15, 0.2) is 0 Å². The average molecular weight is 367 g/mol. The summed E-state index contributed by atoms with van der Waals surface area (Å²) in [4.78, 5) is 16.7. The van der Waals surface area contributed by atoms with Crippen LogP contribution in [0, 0.1) is 0 Å². The van der Waals surface area contributed by atoms with Crippen LogP contribution in [0.25, 0.3) is 0 Å². The van der Waals surface area contributed by atoms with E-state index in [-0.39, 0.29) is 5.91 Å². The Labute approximate surface area is 157 Å². The zero-order valence-corrected chi connectivity index (χ0v) is 15.5. The minimum atomic E-state index is -0.465.